The molecule has 7 nitrogen and oxygen atoms in total. The Morgan fingerprint density at radius 3 is 2.80 bits per heavy atom. The molecule has 1 aliphatic rings. The van der Waals surface area contributed by atoms with Crippen LogP contribution in [-0.4, -0.2) is 38.9 Å². The van der Waals surface area contributed by atoms with E-state index in [-0.39, 0.29) is 10.9 Å². The number of anilines is 2. The second-order valence-electron chi connectivity index (χ2n) is 7.43. The second-order valence-corrected chi connectivity index (χ2v) is 7.83. The number of hydrogen-bond donors (Lipinski definition) is 2. The second kappa shape index (κ2) is 8.39. The molecule has 0 atom stereocenters. The summed E-state index contributed by atoms with van der Waals surface area (Å²) in [5.41, 5.74) is 3.57. The van der Waals surface area contributed by atoms with Gasteiger partial charge in [-0.15, -0.1) is 0 Å². The lowest BCUT2D eigenvalue weighted by Gasteiger charge is -2.33. The number of piperidine rings is 1. The highest BCUT2D eigenvalue weighted by molar-refractivity contribution is 6.31. The predicted molar refractivity (Wildman–Crippen MR) is 114 cm³/mol. The molecule has 0 aliphatic carbocycles. The molecule has 0 spiro atoms. The highest BCUT2D eigenvalue weighted by Gasteiger charge is 2.26. The summed E-state index contributed by atoms with van der Waals surface area (Å²) in [6, 6.07) is 4.64. The van der Waals surface area contributed by atoms with Gasteiger partial charge in [-0.25, -0.2) is 19.3 Å². The van der Waals surface area contributed by atoms with Crippen LogP contribution in [0.4, 0.5) is 16.2 Å². The van der Waals surface area contributed by atoms with Gasteiger partial charge in [0.15, 0.2) is 0 Å². The molecule has 156 valence electrons. The van der Waals surface area contributed by atoms with Gasteiger partial charge in [-0.3, -0.25) is 10.1 Å². The number of H-pyrrole nitrogens is 1. The topological polar surface area (TPSA) is 86.8 Å². The SMILES string of the molecule is CC(=O)Nc1nc(C2CCN(c3ncncc3-c3ccc(F)c(Cl)c3)CC2)c(C)[nH]1. The van der Waals surface area contributed by atoms with E-state index in [1.54, 1.807) is 18.3 Å². The average molecular weight is 429 g/mol. The average Bonchev–Trinajstić information content (AvgIpc) is 3.09. The van der Waals surface area contributed by atoms with Crippen LogP contribution in [0, 0.1) is 12.7 Å². The summed E-state index contributed by atoms with van der Waals surface area (Å²) in [7, 11) is 0. The number of imidazole rings is 1. The maximum atomic E-state index is 13.6. The number of hydrogen-bond acceptors (Lipinski definition) is 5. The van der Waals surface area contributed by atoms with Crippen LogP contribution in [0.5, 0.6) is 0 Å². The van der Waals surface area contributed by atoms with Crippen molar-refractivity contribution in [3.63, 3.8) is 0 Å². The zero-order valence-electron chi connectivity index (χ0n) is 16.7. The smallest absolute Gasteiger partial charge is 0.223 e. The van der Waals surface area contributed by atoms with Crippen LogP contribution in [0.15, 0.2) is 30.7 Å². The maximum absolute atomic E-state index is 13.6. The van der Waals surface area contributed by atoms with Crippen LogP contribution < -0.4 is 10.2 Å². The molecule has 30 heavy (non-hydrogen) atoms. The molecule has 3 aromatic rings. The van der Waals surface area contributed by atoms with E-state index in [0.717, 1.165) is 54.3 Å². The van der Waals surface area contributed by atoms with Crippen molar-refractivity contribution in [1.82, 2.24) is 19.9 Å². The number of nitrogens with one attached hydrogen (secondary N) is 2. The molecule has 3 heterocycles. The van der Waals surface area contributed by atoms with Crippen molar-refractivity contribution < 1.29 is 9.18 Å². The zero-order valence-corrected chi connectivity index (χ0v) is 17.5. The Labute approximate surface area is 178 Å². The van der Waals surface area contributed by atoms with Gasteiger partial charge < -0.3 is 9.88 Å². The zero-order chi connectivity index (χ0) is 21.3. The fourth-order valence-electron chi connectivity index (χ4n) is 3.90. The van der Waals surface area contributed by atoms with Crippen LogP contribution in [-0.2, 0) is 4.79 Å². The Morgan fingerprint density at radius 2 is 2.10 bits per heavy atom. The van der Waals surface area contributed by atoms with E-state index in [4.69, 9.17) is 11.6 Å². The molecular weight excluding hydrogens is 407 g/mol. The maximum Gasteiger partial charge on any atom is 0.223 e. The predicted octanol–water partition coefficient (Wildman–Crippen LogP) is 4.31. The third-order valence-electron chi connectivity index (χ3n) is 5.32. The number of carbonyl (C=O) groups excluding carboxylic acids is 1. The minimum atomic E-state index is -0.451. The quantitative estimate of drug-likeness (QED) is 0.646. The first-order valence-electron chi connectivity index (χ1n) is 9.77. The monoisotopic (exact) mass is 428 g/mol. The lowest BCUT2D eigenvalue weighted by Crippen LogP contribution is -2.34. The normalized spacial score (nSPS) is 14.7. The summed E-state index contributed by atoms with van der Waals surface area (Å²) in [5, 5.41) is 2.78. The van der Waals surface area contributed by atoms with E-state index in [9.17, 15) is 9.18 Å². The molecular formula is C21H22ClFN6O. The highest BCUT2D eigenvalue weighted by atomic mass is 35.5. The van der Waals surface area contributed by atoms with Gasteiger partial charge in [0.25, 0.3) is 0 Å². The van der Waals surface area contributed by atoms with Crippen LogP contribution >= 0.6 is 11.6 Å². The van der Waals surface area contributed by atoms with Gasteiger partial charge in [0.2, 0.25) is 11.9 Å². The lowest BCUT2D eigenvalue weighted by molar-refractivity contribution is -0.114. The van der Waals surface area contributed by atoms with Gasteiger partial charge in [-0.2, -0.15) is 0 Å². The fourth-order valence-corrected chi connectivity index (χ4v) is 4.09. The standard InChI is InChI=1S/C21H22ClFN6O/c1-12-19(28-21(26-12)27-13(2)30)14-5-7-29(8-6-14)20-16(10-24-11-25-20)15-3-4-18(23)17(22)9-15/h3-4,9-11,14H,5-8H2,1-2H3,(H2,26,27,28,30). The largest absolute Gasteiger partial charge is 0.356 e. The molecule has 1 amide bonds. The number of rotatable bonds is 4. The number of carbonyl (C=O) groups is 1. The Balaban J connectivity index is 1.52. The number of amides is 1. The van der Waals surface area contributed by atoms with E-state index in [1.807, 2.05) is 6.92 Å². The van der Waals surface area contributed by atoms with E-state index in [2.05, 4.69) is 30.2 Å². The molecule has 2 N–H and O–H groups in total. The van der Waals surface area contributed by atoms with Crippen molar-refractivity contribution in [3.05, 3.63) is 53.0 Å². The fraction of sp³-hybridized carbons (Fsp3) is 0.333. The van der Waals surface area contributed by atoms with Crippen molar-refractivity contribution in [2.75, 3.05) is 23.3 Å². The van der Waals surface area contributed by atoms with Gasteiger partial charge in [0, 0.05) is 43.4 Å². The molecule has 0 radical (unpaired) electrons. The number of aromatic nitrogens is 4. The molecule has 0 unspecified atom stereocenters. The third kappa shape index (κ3) is 4.14. The van der Waals surface area contributed by atoms with Crippen LogP contribution in [0.1, 0.15) is 37.1 Å². The van der Waals surface area contributed by atoms with Crippen molar-refractivity contribution >= 4 is 29.3 Å². The number of benzene rings is 1. The van der Waals surface area contributed by atoms with Crippen molar-refractivity contribution in [2.45, 2.75) is 32.6 Å². The molecule has 1 saturated heterocycles. The summed E-state index contributed by atoms with van der Waals surface area (Å²) in [4.78, 5) is 29.8. The lowest BCUT2D eigenvalue weighted by atomic mass is 9.92. The van der Waals surface area contributed by atoms with Crippen molar-refractivity contribution in [3.8, 4) is 11.1 Å². The summed E-state index contributed by atoms with van der Waals surface area (Å²) in [6.45, 7) is 5.03. The minimum absolute atomic E-state index is 0.0741. The Hall–Kier alpha value is -3.00. The molecule has 1 fully saturated rings. The van der Waals surface area contributed by atoms with Crippen LogP contribution in [0.2, 0.25) is 5.02 Å². The number of nitrogens with zero attached hydrogens (tertiary/aromatic N) is 4. The van der Waals surface area contributed by atoms with Gasteiger partial charge in [-0.05, 0) is 37.5 Å². The van der Waals surface area contributed by atoms with Crippen molar-refractivity contribution in [1.29, 1.82) is 0 Å². The molecule has 9 heteroatoms. The highest BCUT2D eigenvalue weighted by Crippen LogP contribution is 2.35. The molecule has 0 bridgehead atoms. The first-order valence-corrected chi connectivity index (χ1v) is 10.1. The summed E-state index contributed by atoms with van der Waals surface area (Å²) in [6.07, 6.45) is 5.06. The Kier molecular flexibility index (Phi) is 5.67. The first-order chi connectivity index (χ1) is 14.4. The molecule has 4 rings (SSSR count). The van der Waals surface area contributed by atoms with E-state index < -0.39 is 5.82 Å². The number of halogens is 2. The van der Waals surface area contributed by atoms with Crippen LogP contribution in [0.3, 0.4) is 0 Å². The van der Waals surface area contributed by atoms with Gasteiger partial charge >= 0.3 is 0 Å². The molecule has 2 aromatic heterocycles. The third-order valence-corrected chi connectivity index (χ3v) is 5.61. The Bertz CT molecular complexity index is 1080. The van der Waals surface area contributed by atoms with Gasteiger partial charge in [0.05, 0.1) is 10.7 Å². The van der Waals surface area contributed by atoms with Crippen molar-refractivity contribution in [2.24, 2.45) is 0 Å². The summed E-state index contributed by atoms with van der Waals surface area (Å²) >= 11 is 5.97. The van der Waals surface area contributed by atoms with Gasteiger partial charge in [0.1, 0.15) is 18.0 Å². The van der Waals surface area contributed by atoms with E-state index in [1.165, 1.54) is 19.3 Å². The van der Waals surface area contributed by atoms with Gasteiger partial charge in [-0.1, -0.05) is 17.7 Å². The molecule has 1 aliphatic heterocycles. The van der Waals surface area contributed by atoms with E-state index >= 15 is 0 Å². The first kappa shape index (κ1) is 20.3. The molecule has 0 saturated carbocycles. The number of aromatic amines is 1. The molecule has 1 aromatic carbocycles. The van der Waals surface area contributed by atoms with Crippen LogP contribution in [0.25, 0.3) is 11.1 Å². The summed E-state index contributed by atoms with van der Waals surface area (Å²) < 4.78 is 13.6. The Morgan fingerprint density at radius 1 is 1.33 bits per heavy atom. The number of aryl methyl sites for hydroxylation is 1. The minimum Gasteiger partial charge on any atom is -0.356 e. The summed E-state index contributed by atoms with van der Waals surface area (Å²) in [5.74, 6) is 0.994. The van der Waals surface area contributed by atoms with E-state index in [0.29, 0.717) is 11.9 Å².